The van der Waals surface area contributed by atoms with Crippen LogP contribution in [0.3, 0.4) is 0 Å². The van der Waals surface area contributed by atoms with Gasteiger partial charge in [0.2, 0.25) is 0 Å². The van der Waals surface area contributed by atoms with Crippen LogP contribution in [0.15, 0.2) is 63.7 Å². The Morgan fingerprint density at radius 3 is 2.52 bits per heavy atom. The third-order valence-corrected chi connectivity index (χ3v) is 4.40. The Hall–Kier alpha value is -1.63. The fraction of sp³-hybridized carbons (Fsp3) is 0.500. The highest BCUT2D eigenvalue weighted by atomic mass is 14.7. The summed E-state index contributed by atoms with van der Waals surface area (Å²) in [5.41, 5.74) is 5.87. The second-order valence-corrected chi connectivity index (χ2v) is 7.09. The lowest BCUT2D eigenvalue weighted by Gasteiger charge is -2.32. The Morgan fingerprint density at radius 2 is 1.87 bits per heavy atom. The maximum Gasteiger partial charge on any atom is 1.00 e. The zero-order valence-electron chi connectivity index (χ0n) is 16.8. The van der Waals surface area contributed by atoms with Gasteiger partial charge < -0.3 is 0 Å². The highest BCUT2D eigenvalue weighted by molar-refractivity contribution is 5.72. The van der Waals surface area contributed by atoms with E-state index in [1.54, 1.807) is 5.57 Å². The van der Waals surface area contributed by atoms with Gasteiger partial charge in [0.05, 0.1) is 0 Å². The Kier molecular flexibility index (Phi) is 8.02. The summed E-state index contributed by atoms with van der Waals surface area (Å²) in [6.07, 6.45) is 18.7. The SMILES string of the molecule is CCN=C/C=C(C)/C=C\C=C(C)\C=C\C1=C(C)CCCC1(C)C.[H+]. The number of rotatable bonds is 6. The standard InChI is InChI=1S/C22H33N/c1-7-23-17-15-19(3)11-8-10-18(2)13-14-21-20(4)12-9-16-22(21,5)6/h8,10-11,13-15,17H,7,9,12,16H2,1-6H3/p+1/b11-8-,14-13+,18-10+,19-15+,23-17?. The molecule has 0 aromatic heterocycles. The first-order valence-corrected chi connectivity index (χ1v) is 8.77. The zero-order valence-corrected chi connectivity index (χ0v) is 15.8. The molecule has 0 N–H and O–H groups in total. The molecule has 0 aliphatic heterocycles. The summed E-state index contributed by atoms with van der Waals surface area (Å²) in [5, 5.41) is 0. The molecule has 126 valence electrons. The molecule has 1 nitrogen and oxygen atoms in total. The smallest absolute Gasteiger partial charge is 0.293 e. The van der Waals surface area contributed by atoms with Gasteiger partial charge in [0.25, 0.3) is 0 Å². The van der Waals surface area contributed by atoms with Crippen molar-refractivity contribution in [3.05, 3.63) is 58.7 Å². The molecule has 1 aliphatic rings. The normalized spacial score (nSPS) is 20.4. The molecular weight excluding hydrogens is 278 g/mol. The zero-order chi connectivity index (χ0) is 17.3. The Bertz CT molecular complexity index is 569. The largest absolute Gasteiger partial charge is 1.00 e. The summed E-state index contributed by atoms with van der Waals surface area (Å²) in [5.74, 6) is 0. The Morgan fingerprint density at radius 1 is 1.17 bits per heavy atom. The van der Waals surface area contributed by atoms with Gasteiger partial charge in [0, 0.05) is 12.8 Å². The van der Waals surface area contributed by atoms with Crippen LogP contribution in [0.4, 0.5) is 0 Å². The number of hydrogen-bond acceptors (Lipinski definition) is 1. The minimum absolute atomic E-state index is 0. The molecule has 23 heavy (non-hydrogen) atoms. The second-order valence-electron chi connectivity index (χ2n) is 7.09. The van der Waals surface area contributed by atoms with E-state index in [9.17, 15) is 0 Å². The topological polar surface area (TPSA) is 12.4 Å². The fourth-order valence-corrected chi connectivity index (χ4v) is 2.96. The number of allylic oxidation sites excluding steroid dienone is 10. The van der Waals surface area contributed by atoms with Gasteiger partial charge in [0.1, 0.15) is 0 Å². The van der Waals surface area contributed by atoms with Gasteiger partial charge in [0.15, 0.2) is 0 Å². The van der Waals surface area contributed by atoms with Gasteiger partial charge in [-0.25, -0.2) is 0 Å². The molecule has 0 aromatic carbocycles. The van der Waals surface area contributed by atoms with Crippen LogP contribution in [0.5, 0.6) is 0 Å². The van der Waals surface area contributed by atoms with Crippen molar-refractivity contribution in [3.63, 3.8) is 0 Å². The van der Waals surface area contributed by atoms with Gasteiger partial charge in [-0.1, -0.05) is 55.4 Å². The fourth-order valence-electron chi connectivity index (χ4n) is 2.96. The van der Waals surface area contributed by atoms with Crippen molar-refractivity contribution < 1.29 is 1.43 Å². The third kappa shape index (κ3) is 6.99. The molecule has 0 amide bonds. The first-order chi connectivity index (χ1) is 10.9. The van der Waals surface area contributed by atoms with Crippen molar-refractivity contribution >= 4 is 6.21 Å². The molecule has 0 saturated heterocycles. The molecule has 0 aromatic rings. The molecule has 0 saturated carbocycles. The van der Waals surface area contributed by atoms with Crippen molar-refractivity contribution in [1.82, 2.24) is 0 Å². The number of hydrogen-bond donors (Lipinski definition) is 0. The van der Waals surface area contributed by atoms with E-state index in [1.807, 2.05) is 19.2 Å². The maximum absolute atomic E-state index is 4.19. The van der Waals surface area contributed by atoms with Crippen molar-refractivity contribution in [2.45, 2.75) is 60.8 Å². The Labute approximate surface area is 144 Å². The molecule has 0 atom stereocenters. The molecule has 0 bridgehead atoms. The van der Waals surface area contributed by atoms with Gasteiger partial charge in [-0.05, 0) is 69.6 Å². The lowest BCUT2D eigenvalue weighted by Crippen LogP contribution is -2.19. The third-order valence-electron chi connectivity index (χ3n) is 4.40. The predicted molar refractivity (Wildman–Crippen MR) is 106 cm³/mol. The van der Waals surface area contributed by atoms with Crippen molar-refractivity contribution in [1.29, 1.82) is 0 Å². The van der Waals surface area contributed by atoms with Crippen LogP contribution in [-0.2, 0) is 0 Å². The lowest BCUT2D eigenvalue weighted by molar-refractivity contribution is 0.377. The molecule has 0 unspecified atom stereocenters. The van der Waals surface area contributed by atoms with Crippen LogP contribution in [0.2, 0.25) is 0 Å². The molecule has 1 heteroatoms. The van der Waals surface area contributed by atoms with Crippen LogP contribution in [0.25, 0.3) is 0 Å². The predicted octanol–water partition coefficient (Wildman–Crippen LogP) is 6.72. The van der Waals surface area contributed by atoms with Crippen LogP contribution in [0.1, 0.15) is 62.2 Å². The van der Waals surface area contributed by atoms with E-state index in [1.165, 1.54) is 36.0 Å². The highest BCUT2D eigenvalue weighted by Gasteiger charge is 2.26. The van der Waals surface area contributed by atoms with E-state index in [0.29, 0.717) is 5.41 Å². The number of nitrogens with zero attached hydrogens (tertiary/aromatic N) is 1. The summed E-state index contributed by atoms with van der Waals surface area (Å²) in [7, 11) is 0. The minimum Gasteiger partial charge on any atom is -0.293 e. The lowest BCUT2D eigenvalue weighted by atomic mass is 9.72. The van der Waals surface area contributed by atoms with Gasteiger partial charge in [-0.15, -0.1) is 0 Å². The first kappa shape index (κ1) is 19.4. The summed E-state index contributed by atoms with van der Waals surface area (Å²) in [6, 6.07) is 0. The van der Waals surface area contributed by atoms with E-state index in [-0.39, 0.29) is 1.43 Å². The summed E-state index contributed by atoms with van der Waals surface area (Å²) in [4.78, 5) is 4.19. The van der Waals surface area contributed by atoms with E-state index < -0.39 is 0 Å². The van der Waals surface area contributed by atoms with Crippen LogP contribution >= 0.6 is 0 Å². The molecular formula is C22H34N+. The molecule has 0 heterocycles. The summed E-state index contributed by atoms with van der Waals surface area (Å²) >= 11 is 0. The highest BCUT2D eigenvalue weighted by Crippen LogP contribution is 2.40. The van der Waals surface area contributed by atoms with E-state index >= 15 is 0 Å². The minimum atomic E-state index is 0. The van der Waals surface area contributed by atoms with Gasteiger partial charge in [-0.3, -0.25) is 4.99 Å². The summed E-state index contributed by atoms with van der Waals surface area (Å²) in [6.45, 7) is 14.1. The first-order valence-electron chi connectivity index (χ1n) is 8.77. The molecule has 1 rings (SSSR count). The van der Waals surface area contributed by atoms with Gasteiger partial charge in [-0.2, -0.15) is 0 Å². The van der Waals surface area contributed by atoms with Crippen molar-refractivity contribution in [3.8, 4) is 0 Å². The van der Waals surface area contributed by atoms with Crippen LogP contribution in [0, 0.1) is 5.41 Å². The van der Waals surface area contributed by atoms with Crippen LogP contribution < -0.4 is 0 Å². The van der Waals surface area contributed by atoms with Crippen LogP contribution in [-0.4, -0.2) is 12.8 Å². The average Bonchev–Trinajstić information content (AvgIpc) is 2.46. The van der Waals surface area contributed by atoms with E-state index in [0.717, 1.165) is 6.54 Å². The van der Waals surface area contributed by atoms with Crippen molar-refractivity contribution in [2.24, 2.45) is 10.4 Å². The number of aliphatic imine (C=N–C) groups is 1. The molecule has 1 aliphatic carbocycles. The second kappa shape index (κ2) is 9.50. The molecule has 0 spiro atoms. The van der Waals surface area contributed by atoms with Gasteiger partial charge >= 0.3 is 1.43 Å². The van der Waals surface area contributed by atoms with E-state index in [2.05, 4.69) is 70.0 Å². The molecule has 0 radical (unpaired) electrons. The van der Waals surface area contributed by atoms with E-state index in [4.69, 9.17) is 0 Å². The average molecular weight is 313 g/mol. The maximum atomic E-state index is 4.19. The molecule has 0 fully saturated rings. The quantitative estimate of drug-likeness (QED) is 0.381. The van der Waals surface area contributed by atoms with Crippen molar-refractivity contribution in [2.75, 3.05) is 6.54 Å². The monoisotopic (exact) mass is 312 g/mol. The summed E-state index contributed by atoms with van der Waals surface area (Å²) < 4.78 is 0. The Balaban J connectivity index is 0.00000529.